The number of nitrogens with zero attached hydrogens (tertiary/aromatic N) is 1. The number of aromatic nitrogens is 1. The van der Waals surface area contributed by atoms with Crippen molar-refractivity contribution >= 4 is 17.2 Å². The van der Waals surface area contributed by atoms with Crippen LogP contribution in [0.15, 0.2) is 24.3 Å². The third kappa shape index (κ3) is 4.07. The van der Waals surface area contributed by atoms with Crippen molar-refractivity contribution in [2.75, 3.05) is 6.54 Å². The molecule has 0 saturated heterocycles. The standard InChI is InChI=1S/C15H15F3N2OS/c1-9-13(22-10(2)20-9)14(21)19-8-7-11-3-5-12(6-4-11)15(16,17)18/h3-6H,7-8H2,1-2H3,(H,19,21). The first-order valence-corrected chi connectivity index (χ1v) is 7.47. The predicted octanol–water partition coefficient (Wildman–Crippen LogP) is 3.75. The number of carbonyl (C=O) groups is 1. The Hall–Kier alpha value is -1.89. The molecule has 118 valence electrons. The van der Waals surface area contributed by atoms with Crippen LogP contribution in [-0.2, 0) is 12.6 Å². The van der Waals surface area contributed by atoms with Gasteiger partial charge in [0.15, 0.2) is 0 Å². The van der Waals surface area contributed by atoms with Crippen LogP contribution in [0.2, 0.25) is 0 Å². The van der Waals surface area contributed by atoms with Gasteiger partial charge in [-0.1, -0.05) is 12.1 Å². The molecule has 1 aromatic carbocycles. The first-order chi connectivity index (χ1) is 10.3. The van der Waals surface area contributed by atoms with Crippen LogP contribution in [0, 0.1) is 13.8 Å². The zero-order valence-corrected chi connectivity index (χ0v) is 12.9. The summed E-state index contributed by atoms with van der Waals surface area (Å²) in [5.41, 5.74) is 0.760. The van der Waals surface area contributed by atoms with Crippen molar-refractivity contribution in [1.82, 2.24) is 10.3 Å². The molecule has 0 spiro atoms. The molecule has 2 rings (SSSR count). The van der Waals surface area contributed by atoms with E-state index in [4.69, 9.17) is 0 Å². The molecule has 0 atom stereocenters. The monoisotopic (exact) mass is 328 g/mol. The average molecular weight is 328 g/mol. The second-order valence-electron chi connectivity index (χ2n) is 4.85. The maximum absolute atomic E-state index is 12.4. The summed E-state index contributed by atoms with van der Waals surface area (Å²) in [4.78, 5) is 16.7. The van der Waals surface area contributed by atoms with Gasteiger partial charge in [-0.2, -0.15) is 13.2 Å². The summed E-state index contributed by atoms with van der Waals surface area (Å²) in [6.07, 6.45) is -3.85. The average Bonchev–Trinajstić information content (AvgIpc) is 2.77. The van der Waals surface area contributed by atoms with E-state index >= 15 is 0 Å². The first-order valence-electron chi connectivity index (χ1n) is 6.66. The zero-order valence-electron chi connectivity index (χ0n) is 12.1. The minimum absolute atomic E-state index is 0.199. The predicted molar refractivity (Wildman–Crippen MR) is 79.1 cm³/mol. The summed E-state index contributed by atoms with van der Waals surface area (Å²) in [6, 6.07) is 4.95. The summed E-state index contributed by atoms with van der Waals surface area (Å²) in [5.74, 6) is -0.199. The second kappa shape index (κ2) is 6.48. The number of aryl methyl sites for hydroxylation is 2. The molecule has 1 N–H and O–H groups in total. The lowest BCUT2D eigenvalue weighted by molar-refractivity contribution is -0.137. The topological polar surface area (TPSA) is 42.0 Å². The van der Waals surface area contributed by atoms with Crippen LogP contribution in [-0.4, -0.2) is 17.4 Å². The molecule has 0 aliphatic heterocycles. The number of hydrogen-bond acceptors (Lipinski definition) is 3. The van der Waals surface area contributed by atoms with Crippen molar-refractivity contribution in [2.45, 2.75) is 26.4 Å². The first kappa shape index (κ1) is 16.5. The molecule has 7 heteroatoms. The van der Waals surface area contributed by atoms with Crippen molar-refractivity contribution < 1.29 is 18.0 Å². The molecule has 0 aliphatic rings. The lowest BCUT2D eigenvalue weighted by atomic mass is 10.1. The van der Waals surface area contributed by atoms with Gasteiger partial charge in [0, 0.05) is 6.54 Å². The maximum atomic E-state index is 12.4. The number of carbonyl (C=O) groups excluding carboxylic acids is 1. The molecule has 22 heavy (non-hydrogen) atoms. The van der Waals surface area contributed by atoms with Gasteiger partial charge in [-0.3, -0.25) is 4.79 Å². The van der Waals surface area contributed by atoms with Crippen LogP contribution >= 0.6 is 11.3 Å². The van der Waals surface area contributed by atoms with E-state index in [-0.39, 0.29) is 5.91 Å². The molecule has 3 nitrogen and oxygen atoms in total. The smallest absolute Gasteiger partial charge is 0.351 e. The minimum Gasteiger partial charge on any atom is -0.351 e. The van der Waals surface area contributed by atoms with Crippen molar-refractivity contribution in [3.05, 3.63) is 51.0 Å². The number of hydrogen-bond donors (Lipinski definition) is 1. The fourth-order valence-corrected chi connectivity index (χ4v) is 2.84. The van der Waals surface area contributed by atoms with Gasteiger partial charge in [-0.05, 0) is 38.0 Å². The van der Waals surface area contributed by atoms with Crippen LogP contribution < -0.4 is 5.32 Å². The van der Waals surface area contributed by atoms with Crippen LogP contribution in [0.1, 0.15) is 31.5 Å². The lowest BCUT2D eigenvalue weighted by Gasteiger charge is -2.08. The Morgan fingerprint density at radius 2 is 1.86 bits per heavy atom. The van der Waals surface area contributed by atoms with Crippen LogP contribution in [0.25, 0.3) is 0 Å². The summed E-state index contributed by atoms with van der Waals surface area (Å²) >= 11 is 1.33. The largest absolute Gasteiger partial charge is 0.416 e. The highest BCUT2D eigenvalue weighted by atomic mass is 32.1. The Kier molecular flexibility index (Phi) is 4.85. The van der Waals surface area contributed by atoms with Gasteiger partial charge in [0.05, 0.1) is 16.3 Å². The van der Waals surface area contributed by atoms with Crippen LogP contribution in [0.5, 0.6) is 0 Å². The van der Waals surface area contributed by atoms with E-state index in [9.17, 15) is 18.0 Å². The van der Waals surface area contributed by atoms with Gasteiger partial charge in [-0.15, -0.1) is 11.3 Å². The molecule has 0 unspecified atom stereocenters. The van der Waals surface area contributed by atoms with E-state index in [1.54, 1.807) is 6.92 Å². The molecule has 0 bridgehead atoms. The number of nitrogens with one attached hydrogen (secondary N) is 1. The van der Waals surface area contributed by atoms with Crippen LogP contribution in [0.3, 0.4) is 0 Å². The number of alkyl halides is 3. The van der Waals surface area contributed by atoms with Gasteiger partial charge in [0.2, 0.25) is 0 Å². The fourth-order valence-electron chi connectivity index (χ4n) is 2.00. The van der Waals surface area contributed by atoms with Crippen molar-refractivity contribution in [1.29, 1.82) is 0 Å². The van der Waals surface area contributed by atoms with E-state index in [0.717, 1.165) is 22.7 Å². The molecule has 0 aliphatic carbocycles. The third-order valence-electron chi connectivity index (χ3n) is 3.09. The van der Waals surface area contributed by atoms with Crippen molar-refractivity contribution in [2.24, 2.45) is 0 Å². The Labute approximate surface area is 130 Å². The molecule has 1 aromatic heterocycles. The van der Waals surface area contributed by atoms with E-state index in [1.807, 2.05) is 6.92 Å². The summed E-state index contributed by atoms with van der Waals surface area (Å²) in [6.45, 7) is 3.96. The third-order valence-corrected chi connectivity index (χ3v) is 4.16. The molecule has 0 saturated carbocycles. The van der Waals surface area contributed by atoms with Gasteiger partial charge in [-0.25, -0.2) is 4.98 Å². The quantitative estimate of drug-likeness (QED) is 0.929. The SMILES string of the molecule is Cc1nc(C)c(C(=O)NCCc2ccc(C(F)(F)F)cc2)s1. The zero-order chi connectivity index (χ0) is 16.3. The molecular weight excluding hydrogens is 313 g/mol. The fraction of sp³-hybridized carbons (Fsp3) is 0.333. The van der Waals surface area contributed by atoms with Crippen LogP contribution in [0.4, 0.5) is 13.2 Å². The van der Waals surface area contributed by atoms with E-state index in [2.05, 4.69) is 10.3 Å². The minimum atomic E-state index is -4.33. The van der Waals surface area contributed by atoms with E-state index in [1.165, 1.54) is 23.5 Å². The van der Waals surface area contributed by atoms with Gasteiger partial charge in [0.1, 0.15) is 4.88 Å². The lowest BCUT2D eigenvalue weighted by Crippen LogP contribution is -2.25. The van der Waals surface area contributed by atoms with E-state index in [0.29, 0.717) is 23.5 Å². The maximum Gasteiger partial charge on any atom is 0.416 e. The number of rotatable bonds is 4. The Balaban J connectivity index is 1.89. The summed E-state index contributed by atoms with van der Waals surface area (Å²) < 4.78 is 37.3. The highest BCUT2D eigenvalue weighted by molar-refractivity contribution is 7.13. The highest BCUT2D eigenvalue weighted by Gasteiger charge is 2.29. The molecular formula is C15H15F3N2OS. The number of halogens is 3. The number of amides is 1. The summed E-state index contributed by atoms with van der Waals surface area (Å²) in [5, 5.41) is 3.58. The Bertz CT molecular complexity index is 662. The van der Waals surface area contributed by atoms with Crippen molar-refractivity contribution in [3.8, 4) is 0 Å². The normalized spacial score (nSPS) is 11.5. The van der Waals surface area contributed by atoms with Gasteiger partial charge in [0.25, 0.3) is 5.91 Å². The van der Waals surface area contributed by atoms with E-state index < -0.39 is 11.7 Å². The molecule has 1 heterocycles. The van der Waals surface area contributed by atoms with Crippen molar-refractivity contribution in [3.63, 3.8) is 0 Å². The Morgan fingerprint density at radius 3 is 2.36 bits per heavy atom. The molecule has 0 radical (unpaired) electrons. The second-order valence-corrected chi connectivity index (χ2v) is 6.05. The number of benzene rings is 1. The summed E-state index contributed by atoms with van der Waals surface area (Å²) in [7, 11) is 0. The molecule has 2 aromatic rings. The van der Waals surface area contributed by atoms with Gasteiger partial charge < -0.3 is 5.32 Å². The Morgan fingerprint density at radius 1 is 1.23 bits per heavy atom. The molecule has 1 amide bonds. The van der Waals surface area contributed by atoms with Gasteiger partial charge >= 0.3 is 6.18 Å². The molecule has 0 fully saturated rings. The highest BCUT2D eigenvalue weighted by Crippen LogP contribution is 2.29. The number of thiazole rings is 1.